The van der Waals surface area contributed by atoms with Crippen LogP contribution in [0.25, 0.3) is 0 Å². The van der Waals surface area contributed by atoms with Gasteiger partial charge in [0.05, 0.1) is 29.9 Å². The molecule has 0 aromatic heterocycles. The maximum absolute atomic E-state index is 12.6. The van der Waals surface area contributed by atoms with E-state index in [0.29, 0.717) is 29.2 Å². The maximum Gasteiger partial charge on any atom is 0.373 e. The number of aliphatic hydroxyl groups is 1. The van der Waals surface area contributed by atoms with Gasteiger partial charge in [-0.25, -0.2) is 4.79 Å². The number of carbonyl (C=O) groups excluding carboxylic acids is 2. The number of hydrogen-bond donors (Lipinski definition) is 1. The Kier molecular flexibility index (Phi) is 10.6. The Bertz CT molecular complexity index is 669. The predicted octanol–water partition coefficient (Wildman–Crippen LogP) is 4.99. The SMILES string of the molecule is CCCCOc1cc(OCCCC)c(C(=O)/C=C(\O)C(=O)OCC)cc1Br. The van der Waals surface area contributed by atoms with E-state index < -0.39 is 17.5 Å². The highest BCUT2D eigenvalue weighted by molar-refractivity contribution is 9.10. The fourth-order valence-electron chi connectivity index (χ4n) is 2.08. The number of hydrogen-bond acceptors (Lipinski definition) is 6. The number of carbonyl (C=O) groups is 2. The number of ether oxygens (including phenoxy) is 3. The van der Waals surface area contributed by atoms with Gasteiger partial charge in [-0.3, -0.25) is 4.79 Å². The molecule has 0 fully saturated rings. The van der Waals surface area contributed by atoms with Crippen LogP contribution < -0.4 is 9.47 Å². The van der Waals surface area contributed by atoms with Crippen molar-refractivity contribution in [1.29, 1.82) is 0 Å². The standard InChI is InChI=1S/C20H27BrO6/c1-4-7-9-26-18-13-19(27-10-8-5-2)15(21)11-14(18)16(22)12-17(23)20(24)25-6-3/h11-13,23H,4-10H2,1-3H3/b17-12-. The Morgan fingerprint density at radius 2 is 1.63 bits per heavy atom. The van der Waals surface area contributed by atoms with E-state index >= 15 is 0 Å². The Balaban J connectivity index is 3.14. The van der Waals surface area contributed by atoms with Crippen molar-refractivity contribution in [3.63, 3.8) is 0 Å². The highest BCUT2D eigenvalue weighted by Gasteiger charge is 2.18. The molecule has 1 aromatic rings. The van der Waals surface area contributed by atoms with Gasteiger partial charge in [-0.2, -0.15) is 0 Å². The lowest BCUT2D eigenvalue weighted by Gasteiger charge is -2.14. The molecule has 0 aliphatic heterocycles. The molecule has 0 bridgehead atoms. The zero-order chi connectivity index (χ0) is 20.2. The summed E-state index contributed by atoms with van der Waals surface area (Å²) < 4.78 is 16.7. The Hall–Kier alpha value is -2.02. The zero-order valence-electron chi connectivity index (χ0n) is 16.0. The molecule has 1 rings (SSSR count). The largest absolute Gasteiger partial charge is 0.502 e. The average Bonchev–Trinajstić information content (AvgIpc) is 2.64. The van der Waals surface area contributed by atoms with Gasteiger partial charge in [0.25, 0.3) is 0 Å². The molecular formula is C20H27BrO6. The molecule has 150 valence electrons. The number of benzene rings is 1. The first-order chi connectivity index (χ1) is 12.9. The van der Waals surface area contributed by atoms with Crippen molar-refractivity contribution >= 4 is 27.7 Å². The van der Waals surface area contributed by atoms with Gasteiger partial charge < -0.3 is 19.3 Å². The van der Waals surface area contributed by atoms with Crippen LogP contribution in [0.15, 0.2) is 28.4 Å². The van der Waals surface area contributed by atoms with Crippen LogP contribution >= 0.6 is 15.9 Å². The molecule has 0 aliphatic rings. The van der Waals surface area contributed by atoms with Crippen LogP contribution in [0, 0.1) is 0 Å². The minimum absolute atomic E-state index is 0.103. The smallest absolute Gasteiger partial charge is 0.373 e. The molecule has 0 heterocycles. The number of allylic oxidation sites excluding steroid dienone is 1. The van der Waals surface area contributed by atoms with Crippen LogP contribution in [0.2, 0.25) is 0 Å². The quantitative estimate of drug-likeness (QED) is 0.161. The summed E-state index contributed by atoms with van der Waals surface area (Å²) in [4.78, 5) is 24.1. The summed E-state index contributed by atoms with van der Waals surface area (Å²) in [6.45, 7) is 6.83. The van der Waals surface area contributed by atoms with Crippen LogP contribution in [-0.2, 0) is 9.53 Å². The van der Waals surface area contributed by atoms with Gasteiger partial charge in [-0.15, -0.1) is 0 Å². The minimum Gasteiger partial charge on any atom is -0.502 e. The first kappa shape index (κ1) is 23.0. The Morgan fingerprint density at radius 1 is 1.04 bits per heavy atom. The highest BCUT2D eigenvalue weighted by Crippen LogP contribution is 2.34. The summed E-state index contributed by atoms with van der Waals surface area (Å²) in [5, 5.41) is 9.74. The van der Waals surface area contributed by atoms with E-state index in [1.165, 1.54) is 0 Å². The fraction of sp³-hybridized carbons (Fsp3) is 0.500. The second kappa shape index (κ2) is 12.4. The van der Waals surface area contributed by atoms with Crippen molar-refractivity contribution in [3.05, 3.63) is 34.0 Å². The van der Waals surface area contributed by atoms with Crippen LogP contribution in [0.4, 0.5) is 0 Å². The second-order valence-corrected chi connectivity index (χ2v) is 6.65. The lowest BCUT2D eigenvalue weighted by molar-refractivity contribution is -0.141. The lowest BCUT2D eigenvalue weighted by atomic mass is 10.1. The first-order valence-corrected chi connectivity index (χ1v) is 9.95. The number of halogens is 1. The molecule has 0 saturated carbocycles. The van der Waals surface area contributed by atoms with E-state index in [1.807, 2.05) is 6.92 Å². The maximum atomic E-state index is 12.6. The van der Waals surface area contributed by atoms with Crippen LogP contribution in [0.5, 0.6) is 11.5 Å². The van der Waals surface area contributed by atoms with E-state index in [-0.39, 0.29) is 12.2 Å². The minimum atomic E-state index is -0.946. The van der Waals surface area contributed by atoms with Crippen molar-refractivity contribution in [2.75, 3.05) is 19.8 Å². The van der Waals surface area contributed by atoms with Crippen molar-refractivity contribution in [3.8, 4) is 11.5 Å². The number of ketones is 1. The molecule has 6 nitrogen and oxygen atoms in total. The molecule has 0 unspecified atom stereocenters. The van der Waals surface area contributed by atoms with Gasteiger partial charge in [0, 0.05) is 12.1 Å². The third kappa shape index (κ3) is 7.62. The van der Waals surface area contributed by atoms with Gasteiger partial charge >= 0.3 is 5.97 Å². The van der Waals surface area contributed by atoms with Crippen molar-refractivity contribution < 1.29 is 28.9 Å². The van der Waals surface area contributed by atoms with E-state index in [2.05, 4.69) is 27.6 Å². The summed E-state index contributed by atoms with van der Waals surface area (Å²) in [5.41, 5.74) is 0.219. The number of aliphatic hydroxyl groups excluding tert-OH is 1. The molecule has 7 heteroatoms. The van der Waals surface area contributed by atoms with Crippen molar-refractivity contribution in [2.24, 2.45) is 0 Å². The summed E-state index contributed by atoms with van der Waals surface area (Å²) >= 11 is 3.40. The molecule has 1 aromatic carbocycles. The van der Waals surface area contributed by atoms with Gasteiger partial charge in [0.1, 0.15) is 11.5 Å². The predicted molar refractivity (Wildman–Crippen MR) is 107 cm³/mol. The third-order valence-electron chi connectivity index (χ3n) is 3.56. The van der Waals surface area contributed by atoms with Crippen molar-refractivity contribution in [2.45, 2.75) is 46.5 Å². The Labute approximate surface area is 168 Å². The van der Waals surface area contributed by atoms with Gasteiger partial charge in [0.15, 0.2) is 5.78 Å². The molecule has 1 N–H and O–H groups in total. The number of rotatable bonds is 12. The average molecular weight is 443 g/mol. The molecule has 0 spiro atoms. The number of unbranched alkanes of at least 4 members (excludes halogenated alkanes) is 2. The summed E-state index contributed by atoms with van der Waals surface area (Å²) in [6.07, 6.45) is 4.54. The van der Waals surface area contributed by atoms with E-state index in [4.69, 9.17) is 9.47 Å². The third-order valence-corrected chi connectivity index (χ3v) is 4.18. The molecular weight excluding hydrogens is 416 g/mol. The molecule has 0 saturated heterocycles. The monoisotopic (exact) mass is 442 g/mol. The van der Waals surface area contributed by atoms with E-state index in [9.17, 15) is 14.7 Å². The zero-order valence-corrected chi connectivity index (χ0v) is 17.6. The van der Waals surface area contributed by atoms with E-state index in [0.717, 1.165) is 31.8 Å². The molecule has 0 atom stereocenters. The topological polar surface area (TPSA) is 82.1 Å². The van der Waals surface area contributed by atoms with Gasteiger partial charge in [-0.05, 0) is 41.8 Å². The highest BCUT2D eigenvalue weighted by atomic mass is 79.9. The Morgan fingerprint density at radius 3 is 2.19 bits per heavy atom. The molecule has 27 heavy (non-hydrogen) atoms. The van der Waals surface area contributed by atoms with Gasteiger partial charge in [-0.1, -0.05) is 26.7 Å². The normalized spacial score (nSPS) is 11.2. The fourth-order valence-corrected chi connectivity index (χ4v) is 2.53. The first-order valence-electron chi connectivity index (χ1n) is 9.15. The summed E-state index contributed by atoms with van der Waals surface area (Å²) in [5.74, 6) is -1.34. The van der Waals surface area contributed by atoms with Crippen molar-refractivity contribution in [1.82, 2.24) is 0 Å². The summed E-state index contributed by atoms with van der Waals surface area (Å²) in [7, 11) is 0. The molecule has 0 aliphatic carbocycles. The summed E-state index contributed by atoms with van der Waals surface area (Å²) in [6, 6.07) is 3.22. The van der Waals surface area contributed by atoms with Crippen LogP contribution in [-0.4, -0.2) is 36.7 Å². The number of esters is 1. The molecule has 0 amide bonds. The van der Waals surface area contributed by atoms with Crippen LogP contribution in [0.3, 0.4) is 0 Å². The van der Waals surface area contributed by atoms with Gasteiger partial charge in [0.2, 0.25) is 5.76 Å². The second-order valence-electron chi connectivity index (χ2n) is 5.80. The van der Waals surface area contributed by atoms with Crippen LogP contribution in [0.1, 0.15) is 56.8 Å². The molecule has 0 radical (unpaired) electrons. The van der Waals surface area contributed by atoms with E-state index in [1.54, 1.807) is 19.1 Å². The lowest BCUT2D eigenvalue weighted by Crippen LogP contribution is -2.10.